The van der Waals surface area contributed by atoms with Crippen LogP contribution in [0.5, 0.6) is 0 Å². The third-order valence-corrected chi connectivity index (χ3v) is 2.56. The van der Waals surface area contributed by atoms with E-state index in [4.69, 9.17) is 11.6 Å². The second-order valence-electron chi connectivity index (χ2n) is 3.32. The Morgan fingerprint density at radius 1 is 1.53 bits per heavy atom. The van der Waals surface area contributed by atoms with Gasteiger partial charge in [0, 0.05) is 6.92 Å². The monoisotopic (exact) mass is 227 g/mol. The number of fused-ring (bicyclic) bond motifs is 1. The molecule has 1 aliphatic heterocycles. The third-order valence-electron chi connectivity index (χ3n) is 2.27. The van der Waals surface area contributed by atoms with Gasteiger partial charge in [0.2, 0.25) is 11.8 Å². The van der Waals surface area contributed by atoms with Gasteiger partial charge in [-0.3, -0.25) is 14.5 Å². The average Bonchev–Trinajstić information content (AvgIpc) is 2.41. The van der Waals surface area contributed by atoms with Crippen molar-refractivity contribution >= 4 is 29.1 Å². The van der Waals surface area contributed by atoms with Gasteiger partial charge in [0.15, 0.2) is 0 Å². The summed E-state index contributed by atoms with van der Waals surface area (Å²) in [5.74, 6) is -1.31. The number of rotatable bonds is 0. The number of nitrogens with zero attached hydrogens (tertiary/aromatic N) is 1. The van der Waals surface area contributed by atoms with E-state index in [2.05, 4.69) is 0 Å². The van der Waals surface area contributed by atoms with Crippen molar-refractivity contribution in [1.29, 1.82) is 0 Å². The maximum Gasteiger partial charge on any atom is 0.238 e. The molecule has 0 aromatic heterocycles. The van der Waals surface area contributed by atoms with E-state index >= 15 is 0 Å². The van der Waals surface area contributed by atoms with E-state index < -0.39 is 5.82 Å². The standard InChI is InChI=1S/C10H7ClFNO2/c1-5(14)13-9-4-7(11)8(12)2-6(9)3-10(13)15/h2,4H,3H2,1H3. The smallest absolute Gasteiger partial charge is 0.238 e. The highest BCUT2D eigenvalue weighted by Gasteiger charge is 2.31. The first-order valence-electron chi connectivity index (χ1n) is 4.32. The van der Waals surface area contributed by atoms with Gasteiger partial charge < -0.3 is 0 Å². The maximum absolute atomic E-state index is 13.1. The van der Waals surface area contributed by atoms with E-state index in [-0.39, 0.29) is 23.3 Å². The molecule has 0 spiro atoms. The summed E-state index contributed by atoms with van der Waals surface area (Å²) in [5, 5.41) is -0.0882. The quantitative estimate of drug-likeness (QED) is 0.679. The number of benzene rings is 1. The Morgan fingerprint density at radius 2 is 2.20 bits per heavy atom. The zero-order chi connectivity index (χ0) is 11.2. The van der Waals surface area contributed by atoms with Gasteiger partial charge in [0.25, 0.3) is 0 Å². The first-order valence-corrected chi connectivity index (χ1v) is 4.70. The van der Waals surface area contributed by atoms with Gasteiger partial charge in [0.1, 0.15) is 5.82 Å². The van der Waals surface area contributed by atoms with Crippen molar-refractivity contribution < 1.29 is 14.0 Å². The SMILES string of the molecule is CC(=O)N1C(=O)Cc2cc(F)c(Cl)cc21. The van der Waals surface area contributed by atoms with Crippen molar-refractivity contribution in [3.63, 3.8) is 0 Å². The molecule has 0 N–H and O–H groups in total. The summed E-state index contributed by atoms with van der Waals surface area (Å²) >= 11 is 5.59. The fourth-order valence-electron chi connectivity index (χ4n) is 1.65. The molecule has 15 heavy (non-hydrogen) atoms. The minimum atomic E-state index is -0.575. The Hall–Kier alpha value is -1.42. The van der Waals surface area contributed by atoms with E-state index in [1.165, 1.54) is 19.1 Å². The number of anilines is 1. The lowest BCUT2D eigenvalue weighted by Gasteiger charge is -2.12. The molecule has 5 heteroatoms. The van der Waals surface area contributed by atoms with Crippen LogP contribution in [0.1, 0.15) is 12.5 Å². The largest absolute Gasteiger partial charge is 0.274 e. The molecule has 0 atom stereocenters. The molecular formula is C10H7ClFNO2. The molecule has 0 saturated carbocycles. The molecule has 78 valence electrons. The highest BCUT2D eigenvalue weighted by molar-refractivity contribution is 6.31. The normalized spacial score (nSPS) is 14.3. The van der Waals surface area contributed by atoms with Crippen molar-refractivity contribution in [2.75, 3.05) is 4.90 Å². The van der Waals surface area contributed by atoms with Crippen molar-refractivity contribution in [2.45, 2.75) is 13.3 Å². The third kappa shape index (κ3) is 1.51. The van der Waals surface area contributed by atoms with Crippen LogP contribution in [0.25, 0.3) is 0 Å². The average molecular weight is 228 g/mol. The van der Waals surface area contributed by atoms with E-state index in [0.717, 1.165) is 4.90 Å². The minimum Gasteiger partial charge on any atom is -0.274 e. The van der Waals surface area contributed by atoms with Gasteiger partial charge in [-0.1, -0.05) is 11.6 Å². The molecule has 0 radical (unpaired) electrons. The molecular weight excluding hydrogens is 221 g/mol. The zero-order valence-corrected chi connectivity index (χ0v) is 8.64. The number of halogens is 2. The van der Waals surface area contributed by atoms with E-state index in [0.29, 0.717) is 11.3 Å². The Balaban J connectivity index is 2.59. The van der Waals surface area contributed by atoms with E-state index in [1.54, 1.807) is 0 Å². The first kappa shape index (κ1) is 10.1. The molecule has 0 unspecified atom stereocenters. The molecule has 2 amide bonds. The molecule has 0 fully saturated rings. The molecule has 2 rings (SSSR count). The molecule has 0 aliphatic carbocycles. The minimum absolute atomic E-state index is 0.0446. The Labute approximate surface area is 90.4 Å². The Morgan fingerprint density at radius 3 is 2.80 bits per heavy atom. The zero-order valence-electron chi connectivity index (χ0n) is 7.88. The van der Waals surface area contributed by atoms with Gasteiger partial charge >= 0.3 is 0 Å². The lowest BCUT2D eigenvalue weighted by Crippen LogP contribution is -2.31. The molecule has 1 aromatic carbocycles. The van der Waals surface area contributed by atoms with Crippen LogP contribution in [-0.4, -0.2) is 11.8 Å². The second kappa shape index (κ2) is 3.31. The summed E-state index contributed by atoms with van der Waals surface area (Å²) in [6, 6.07) is 2.50. The van der Waals surface area contributed by atoms with Crippen LogP contribution in [0.4, 0.5) is 10.1 Å². The number of carbonyl (C=O) groups is 2. The van der Waals surface area contributed by atoms with Crippen molar-refractivity contribution in [1.82, 2.24) is 0 Å². The van der Waals surface area contributed by atoms with Crippen molar-refractivity contribution in [2.24, 2.45) is 0 Å². The van der Waals surface area contributed by atoms with E-state index in [9.17, 15) is 14.0 Å². The van der Waals surface area contributed by atoms with Crippen LogP contribution in [0, 0.1) is 5.82 Å². The van der Waals surface area contributed by atoms with Gasteiger partial charge in [0.05, 0.1) is 17.1 Å². The molecule has 0 bridgehead atoms. The van der Waals surface area contributed by atoms with Gasteiger partial charge in [-0.05, 0) is 17.7 Å². The summed E-state index contributed by atoms with van der Waals surface area (Å²) in [7, 11) is 0. The predicted molar refractivity (Wildman–Crippen MR) is 53.3 cm³/mol. The van der Waals surface area contributed by atoms with Crippen LogP contribution >= 0.6 is 11.6 Å². The summed E-state index contributed by atoms with van der Waals surface area (Å²) in [6.07, 6.45) is 0.0446. The highest BCUT2D eigenvalue weighted by Crippen LogP contribution is 2.33. The topological polar surface area (TPSA) is 37.4 Å². The molecule has 3 nitrogen and oxygen atoms in total. The predicted octanol–water partition coefficient (Wildman–Crippen LogP) is 1.91. The summed E-state index contributed by atoms with van der Waals surface area (Å²) in [4.78, 5) is 23.6. The van der Waals surface area contributed by atoms with Gasteiger partial charge in [-0.25, -0.2) is 4.39 Å². The number of amides is 2. The molecule has 1 heterocycles. The maximum atomic E-state index is 13.1. The number of hydrogen-bond acceptors (Lipinski definition) is 2. The Bertz CT molecular complexity index is 473. The van der Waals surface area contributed by atoms with Crippen LogP contribution in [0.3, 0.4) is 0 Å². The van der Waals surface area contributed by atoms with Crippen LogP contribution in [-0.2, 0) is 16.0 Å². The van der Waals surface area contributed by atoms with Crippen LogP contribution < -0.4 is 4.90 Å². The van der Waals surface area contributed by atoms with Crippen molar-refractivity contribution in [3.8, 4) is 0 Å². The van der Waals surface area contributed by atoms with Gasteiger partial charge in [-0.2, -0.15) is 0 Å². The van der Waals surface area contributed by atoms with Gasteiger partial charge in [-0.15, -0.1) is 0 Å². The van der Waals surface area contributed by atoms with Crippen molar-refractivity contribution in [3.05, 3.63) is 28.5 Å². The summed E-state index contributed by atoms with van der Waals surface area (Å²) < 4.78 is 13.1. The number of hydrogen-bond donors (Lipinski definition) is 0. The van der Waals surface area contributed by atoms with E-state index in [1.807, 2.05) is 0 Å². The van der Waals surface area contributed by atoms with Crippen LogP contribution in [0.15, 0.2) is 12.1 Å². The number of imide groups is 1. The fourth-order valence-corrected chi connectivity index (χ4v) is 1.81. The number of carbonyl (C=O) groups excluding carboxylic acids is 2. The Kier molecular flexibility index (Phi) is 2.23. The van der Waals surface area contributed by atoms with Crippen LogP contribution in [0.2, 0.25) is 5.02 Å². The first-order chi connectivity index (χ1) is 7.00. The lowest BCUT2D eigenvalue weighted by molar-refractivity contribution is -0.124. The lowest BCUT2D eigenvalue weighted by atomic mass is 10.1. The second-order valence-corrected chi connectivity index (χ2v) is 3.73. The molecule has 1 aromatic rings. The molecule has 1 aliphatic rings. The highest BCUT2D eigenvalue weighted by atomic mass is 35.5. The molecule has 0 saturated heterocycles. The summed E-state index contributed by atoms with van der Waals surface area (Å²) in [6.45, 7) is 1.28. The summed E-state index contributed by atoms with van der Waals surface area (Å²) in [5.41, 5.74) is 0.885. The fraction of sp³-hybridized carbons (Fsp3) is 0.200.